The Morgan fingerprint density at radius 1 is 1.47 bits per heavy atom. The molecule has 2 heterocycles. The van der Waals surface area contributed by atoms with E-state index in [4.69, 9.17) is 0 Å². The molecular formula is C10H11N5. The summed E-state index contributed by atoms with van der Waals surface area (Å²) in [5.74, 6) is 0.692. The molecule has 0 aromatic carbocycles. The van der Waals surface area contributed by atoms with Gasteiger partial charge in [0, 0.05) is 25.6 Å². The minimum atomic E-state index is 0.692. The molecule has 76 valence electrons. The van der Waals surface area contributed by atoms with Gasteiger partial charge in [-0.3, -0.25) is 0 Å². The second-order valence-electron chi connectivity index (χ2n) is 2.99. The fourth-order valence-corrected chi connectivity index (χ4v) is 1.11. The van der Waals surface area contributed by atoms with Gasteiger partial charge in [-0.1, -0.05) is 6.07 Å². The van der Waals surface area contributed by atoms with Gasteiger partial charge in [-0.2, -0.15) is 5.10 Å². The second-order valence-corrected chi connectivity index (χ2v) is 2.99. The molecule has 5 nitrogen and oxygen atoms in total. The Labute approximate surface area is 86.8 Å². The van der Waals surface area contributed by atoms with Gasteiger partial charge in [0.15, 0.2) is 5.49 Å². The maximum Gasteiger partial charge on any atom is 0.154 e. The third-order valence-electron chi connectivity index (χ3n) is 1.89. The fourth-order valence-electron chi connectivity index (χ4n) is 1.11. The van der Waals surface area contributed by atoms with E-state index in [2.05, 4.69) is 20.2 Å². The van der Waals surface area contributed by atoms with Crippen LogP contribution in [0.1, 0.15) is 5.82 Å². The molecule has 0 bridgehead atoms. The minimum Gasteiger partial charge on any atom is -0.344 e. The number of H-pyrrole nitrogens is 1. The predicted molar refractivity (Wildman–Crippen MR) is 57.2 cm³/mol. The minimum absolute atomic E-state index is 0.692. The highest BCUT2D eigenvalue weighted by molar-refractivity contribution is 5.73. The van der Waals surface area contributed by atoms with Crippen LogP contribution < -0.4 is 5.49 Å². The van der Waals surface area contributed by atoms with Crippen LogP contribution in [0.5, 0.6) is 0 Å². The van der Waals surface area contributed by atoms with E-state index >= 15 is 0 Å². The molecule has 15 heavy (non-hydrogen) atoms. The maximum atomic E-state index is 4.05. The topological polar surface area (TPSA) is 58.3 Å². The van der Waals surface area contributed by atoms with Crippen LogP contribution in [0.3, 0.4) is 0 Å². The first-order valence-electron chi connectivity index (χ1n) is 4.54. The molecule has 0 spiro atoms. The van der Waals surface area contributed by atoms with Crippen LogP contribution in [0.15, 0.2) is 47.0 Å². The lowest BCUT2D eigenvalue weighted by Gasteiger charge is -1.94. The van der Waals surface area contributed by atoms with Crippen molar-refractivity contribution in [1.82, 2.24) is 14.5 Å². The number of nitrogens with zero attached hydrogens (tertiary/aromatic N) is 4. The van der Waals surface area contributed by atoms with Crippen LogP contribution in [0.2, 0.25) is 0 Å². The highest BCUT2D eigenvalue weighted by Gasteiger charge is 1.85. The lowest BCUT2D eigenvalue weighted by Crippen LogP contribution is -2.15. The Bertz CT molecular complexity index is 507. The monoisotopic (exact) mass is 201 g/mol. The molecule has 0 aliphatic heterocycles. The maximum absolute atomic E-state index is 4.05. The molecule has 0 fully saturated rings. The van der Waals surface area contributed by atoms with Crippen LogP contribution in [0, 0.1) is 0 Å². The van der Waals surface area contributed by atoms with Crippen molar-refractivity contribution >= 4 is 6.21 Å². The Morgan fingerprint density at radius 2 is 2.40 bits per heavy atom. The first kappa shape index (κ1) is 9.39. The van der Waals surface area contributed by atoms with E-state index in [0.717, 1.165) is 5.49 Å². The number of rotatable bonds is 2. The van der Waals surface area contributed by atoms with Gasteiger partial charge in [0.25, 0.3) is 0 Å². The normalized spacial score (nSPS) is 12.5. The average molecular weight is 201 g/mol. The van der Waals surface area contributed by atoms with Gasteiger partial charge >= 0.3 is 0 Å². The Kier molecular flexibility index (Phi) is 2.73. The average Bonchev–Trinajstić information content (AvgIpc) is 2.74. The highest BCUT2D eigenvalue weighted by atomic mass is 15.2. The van der Waals surface area contributed by atoms with Crippen molar-refractivity contribution in [3.8, 4) is 0 Å². The smallest absolute Gasteiger partial charge is 0.154 e. The number of nitrogens with one attached hydrogen (secondary N) is 1. The molecule has 1 N–H and O–H groups in total. The third kappa shape index (κ3) is 2.40. The van der Waals surface area contributed by atoms with E-state index < -0.39 is 0 Å². The van der Waals surface area contributed by atoms with Gasteiger partial charge < -0.3 is 9.55 Å². The van der Waals surface area contributed by atoms with Gasteiger partial charge in [0.2, 0.25) is 0 Å². The number of imidazole rings is 1. The summed E-state index contributed by atoms with van der Waals surface area (Å²) in [4.78, 5) is 6.91. The quantitative estimate of drug-likeness (QED) is 0.564. The van der Waals surface area contributed by atoms with Crippen LogP contribution in [0.25, 0.3) is 0 Å². The van der Waals surface area contributed by atoms with Crippen molar-refractivity contribution in [1.29, 1.82) is 0 Å². The molecule has 2 aromatic heterocycles. The van der Waals surface area contributed by atoms with Crippen LogP contribution >= 0.6 is 0 Å². The summed E-state index contributed by atoms with van der Waals surface area (Å²) in [6.07, 6.45) is 6.90. The third-order valence-corrected chi connectivity index (χ3v) is 1.89. The zero-order chi connectivity index (χ0) is 10.5. The van der Waals surface area contributed by atoms with Gasteiger partial charge in [-0.05, 0) is 12.1 Å². The van der Waals surface area contributed by atoms with Crippen molar-refractivity contribution < 1.29 is 0 Å². The van der Waals surface area contributed by atoms with E-state index in [1.165, 1.54) is 0 Å². The van der Waals surface area contributed by atoms with Crippen LogP contribution in [0.4, 0.5) is 0 Å². The van der Waals surface area contributed by atoms with Crippen LogP contribution in [-0.4, -0.2) is 20.7 Å². The van der Waals surface area contributed by atoms with Crippen LogP contribution in [-0.2, 0) is 7.05 Å². The molecule has 0 radical (unpaired) electrons. The SMILES string of the molecule is Cn1ccccc1=NN=Cc1ncc[nH]1. The van der Waals surface area contributed by atoms with E-state index in [9.17, 15) is 0 Å². The van der Waals surface area contributed by atoms with Gasteiger partial charge in [-0.25, -0.2) is 4.98 Å². The van der Waals surface area contributed by atoms with Gasteiger partial charge in [0.05, 0.1) is 6.21 Å². The molecule has 0 aliphatic rings. The number of aromatic nitrogens is 3. The first-order chi connectivity index (χ1) is 7.36. The van der Waals surface area contributed by atoms with Crippen molar-refractivity contribution in [3.05, 3.63) is 48.1 Å². The molecule has 0 amide bonds. The van der Waals surface area contributed by atoms with E-state index in [1.54, 1.807) is 18.6 Å². The molecule has 0 unspecified atom stereocenters. The van der Waals surface area contributed by atoms with E-state index in [-0.39, 0.29) is 0 Å². The molecular weight excluding hydrogens is 190 g/mol. The standard InChI is InChI=1S/C10H11N5/c1-15-7-3-2-4-10(15)14-13-8-9-11-5-6-12-9/h2-8H,1H3,(H,11,12). The number of aromatic amines is 1. The predicted octanol–water partition coefficient (Wildman–Crippen LogP) is 0.683. The largest absolute Gasteiger partial charge is 0.344 e. The van der Waals surface area contributed by atoms with Crippen molar-refractivity contribution in [2.45, 2.75) is 0 Å². The van der Waals surface area contributed by atoms with Crippen molar-refractivity contribution in [2.24, 2.45) is 17.3 Å². The summed E-state index contributed by atoms with van der Waals surface area (Å²) in [5, 5.41) is 7.98. The first-order valence-corrected chi connectivity index (χ1v) is 4.54. The fraction of sp³-hybridized carbons (Fsp3) is 0.100. The van der Waals surface area contributed by atoms with Gasteiger partial charge in [-0.15, -0.1) is 5.10 Å². The number of aryl methyl sites for hydroxylation is 1. The van der Waals surface area contributed by atoms with Gasteiger partial charge in [0.1, 0.15) is 5.82 Å². The summed E-state index contributed by atoms with van der Waals surface area (Å²) < 4.78 is 1.89. The number of pyridine rings is 1. The Morgan fingerprint density at radius 3 is 3.13 bits per heavy atom. The summed E-state index contributed by atoms with van der Waals surface area (Å²) in [6.45, 7) is 0. The molecule has 0 saturated carbocycles. The summed E-state index contributed by atoms with van der Waals surface area (Å²) in [6, 6.07) is 5.75. The molecule has 2 aromatic rings. The van der Waals surface area contributed by atoms with Crippen molar-refractivity contribution in [2.75, 3.05) is 0 Å². The molecule has 0 aliphatic carbocycles. The number of hydrogen-bond donors (Lipinski definition) is 1. The second kappa shape index (κ2) is 4.36. The van der Waals surface area contributed by atoms with Crippen molar-refractivity contribution in [3.63, 3.8) is 0 Å². The highest BCUT2D eigenvalue weighted by Crippen LogP contribution is 1.83. The summed E-state index contributed by atoms with van der Waals surface area (Å²) in [5.41, 5.74) is 0.792. The zero-order valence-electron chi connectivity index (χ0n) is 8.33. The summed E-state index contributed by atoms with van der Waals surface area (Å²) in [7, 11) is 1.92. The molecule has 2 rings (SSSR count). The van der Waals surface area contributed by atoms with E-state index in [1.807, 2.05) is 36.0 Å². The molecule has 5 heteroatoms. The van der Waals surface area contributed by atoms with E-state index in [0.29, 0.717) is 5.82 Å². The molecule has 0 atom stereocenters. The molecule has 0 saturated heterocycles. The zero-order valence-corrected chi connectivity index (χ0v) is 8.33. The number of hydrogen-bond acceptors (Lipinski definition) is 3. The summed E-state index contributed by atoms with van der Waals surface area (Å²) >= 11 is 0. The Hall–Kier alpha value is -2.17. The lowest BCUT2D eigenvalue weighted by molar-refractivity contribution is 0.816. The Balaban J connectivity index is 2.22. The lowest BCUT2D eigenvalue weighted by atomic mass is 10.5.